The Balaban J connectivity index is 1.90. The van der Waals surface area contributed by atoms with Crippen molar-refractivity contribution in [2.75, 3.05) is 0 Å². The van der Waals surface area contributed by atoms with Gasteiger partial charge in [0.2, 0.25) is 5.91 Å². The molecule has 4 N–H and O–H groups in total. The van der Waals surface area contributed by atoms with Crippen molar-refractivity contribution in [2.24, 2.45) is 15.9 Å². The summed E-state index contributed by atoms with van der Waals surface area (Å²) >= 11 is 0. The number of carbonyl (C=O) groups is 2. The van der Waals surface area contributed by atoms with Gasteiger partial charge in [-0.2, -0.15) is 0 Å². The van der Waals surface area contributed by atoms with Crippen molar-refractivity contribution in [2.45, 2.75) is 96.5 Å². The number of aryl methyl sites for hydroxylation is 1. The molecule has 2 bridgehead atoms. The van der Waals surface area contributed by atoms with Crippen LogP contribution in [-0.2, 0) is 22.4 Å². The second-order valence-electron chi connectivity index (χ2n) is 10.5. The van der Waals surface area contributed by atoms with E-state index < -0.39 is 30.9 Å². The number of fused-ring (bicyclic) bond motifs is 2. The normalized spacial score (nSPS) is 20.5. The molecule has 2 aliphatic rings. The van der Waals surface area contributed by atoms with Crippen molar-refractivity contribution < 1.29 is 19.6 Å². The molecule has 0 aliphatic carbocycles. The highest BCUT2D eigenvalue weighted by Gasteiger charge is 2.31. The minimum absolute atomic E-state index is 0.147. The monoisotopic (exact) mass is 508 g/mol. The number of nitrogens with one attached hydrogen (secondary N) is 2. The fourth-order valence-corrected chi connectivity index (χ4v) is 4.84. The molecule has 2 unspecified atom stereocenters. The van der Waals surface area contributed by atoms with Crippen LogP contribution < -0.4 is 10.6 Å². The van der Waals surface area contributed by atoms with E-state index in [9.17, 15) is 19.6 Å². The number of nitrogens with zero attached hydrogens (tertiary/aromatic N) is 2. The van der Waals surface area contributed by atoms with Crippen molar-refractivity contribution in [3.8, 4) is 0 Å². The summed E-state index contributed by atoms with van der Waals surface area (Å²) in [5.74, 6) is -1.54. The molecule has 2 heterocycles. The van der Waals surface area contributed by atoms with Crippen molar-refractivity contribution in [3.63, 3.8) is 0 Å². The van der Waals surface area contributed by atoms with Crippen LogP contribution >= 0.6 is 0 Å². The molecule has 0 radical (unpaired) electrons. The Bertz CT molecular complexity index is 1010. The highest BCUT2D eigenvalue weighted by atomic mass is 16.4. The first-order chi connectivity index (χ1) is 17.8. The summed E-state index contributed by atoms with van der Waals surface area (Å²) in [6, 6.07) is 7.14. The zero-order valence-corrected chi connectivity index (χ0v) is 22.2. The maximum absolute atomic E-state index is 13.5. The predicted molar refractivity (Wildman–Crippen MR) is 148 cm³/mol. The lowest BCUT2D eigenvalue weighted by atomic mass is 9.75. The molecule has 2 amide bonds. The minimum atomic E-state index is -1.69. The Kier molecular flexibility index (Phi) is 11.5. The summed E-state index contributed by atoms with van der Waals surface area (Å²) in [5, 5.41) is 25.4. The van der Waals surface area contributed by atoms with Gasteiger partial charge in [-0.15, -0.1) is 0 Å². The second kappa shape index (κ2) is 14.8. The first kappa shape index (κ1) is 28.8. The van der Waals surface area contributed by atoms with Crippen LogP contribution in [0.4, 0.5) is 0 Å². The Labute approximate surface area is 220 Å². The van der Waals surface area contributed by atoms with E-state index in [1.165, 1.54) is 18.4 Å². The molecule has 0 saturated carbocycles. The lowest BCUT2D eigenvalue weighted by Gasteiger charge is -2.25. The number of aliphatic imine (C=N–C) groups is 2. The fourth-order valence-electron chi connectivity index (χ4n) is 4.84. The fraction of sp³-hybridized carbons (Fsp3) is 0.571. The van der Waals surface area contributed by atoms with Gasteiger partial charge in [0.1, 0.15) is 11.8 Å². The van der Waals surface area contributed by atoms with Crippen LogP contribution in [0.5, 0.6) is 0 Å². The molecular formula is C28H41BN4O4. The van der Waals surface area contributed by atoms with Crippen LogP contribution in [0.15, 0.2) is 46.1 Å². The van der Waals surface area contributed by atoms with Gasteiger partial charge in [0, 0.05) is 25.3 Å². The molecule has 0 aromatic heterocycles. The van der Waals surface area contributed by atoms with Gasteiger partial charge in [-0.05, 0) is 49.1 Å². The SMILES string of the molecule is CC(C)CC(NC(=O)C1Cc2ccccc2CCCCCCCCC2=CN=CCC(=N2)C(=O)N1)B(O)O. The molecule has 2 aliphatic heterocycles. The molecule has 1 aromatic carbocycles. The van der Waals surface area contributed by atoms with Crippen LogP contribution in [0.2, 0.25) is 0 Å². The standard InChI is InChI=1S/C28H41BN4O4/c1-20(2)17-26(29(36)37)33-28(35)25-18-22-13-10-9-12-21(22)11-7-5-3-4-6-8-14-23-19-30-16-15-24(31-23)27(34)32-25/h9-10,12-13,16,19-20,25-26,36-37H,3-8,11,14-15,17-18H2,1-2H3,(H,32,34)(H,33,35). The number of hydrogen-bond acceptors (Lipinski definition) is 6. The summed E-state index contributed by atoms with van der Waals surface area (Å²) in [6.45, 7) is 3.90. The van der Waals surface area contributed by atoms with Gasteiger partial charge in [-0.25, -0.2) is 0 Å². The predicted octanol–water partition coefficient (Wildman–Crippen LogP) is 3.30. The van der Waals surface area contributed by atoms with E-state index in [2.05, 4.69) is 26.7 Å². The van der Waals surface area contributed by atoms with Crippen LogP contribution in [-0.4, -0.2) is 52.9 Å². The van der Waals surface area contributed by atoms with E-state index in [0.717, 1.165) is 49.8 Å². The Morgan fingerprint density at radius 1 is 1.08 bits per heavy atom. The first-order valence-corrected chi connectivity index (χ1v) is 13.7. The van der Waals surface area contributed by atoms with Crippen molar-refractivity contribution in [1.29, 1.82) is 0 Å². The molecule has 0 saturated heterocycles. The van der Waals surface area contributed by atoms with Crippen LogP contribution in [0.1, 0.15) is 82.8 Å². The maximum Gasteiger partial charge on any atom is 0.475 e. The lowest BCUT2D eigenvalue weighted by molar-refractivity contribution is -0.127. The van der Waals surface area contributed by atoms with E-state index in [1.54, 1.807) is 12.4 Å². The molecule has 1 aromatic rings. The number of benzene rings is 1. The topological polar surface area (TPSA) is 123 Å². The first-order valence-electron chi connectivity index (χ1n) is 13.7. The number of rotatable bonds is 5. The third-order valence-corrected chi connectivity index (χ3v) is 6.86. The Morgan fingerprint density at radius 2 is 1.76 bits per heavy atom. The third-order valence-electron chi connectivity index (χ3n) is 6.86. The zero-order chi connectivity index (χ0) is 26.6. The van der Waals surface area contributed by atoms with Gasteiger partial charge in [0.15, 0.2) is 0 Å². The van der Waals surface area contributed by atoms with E-state index >= 15 is 0 Å². The Hall–Kier alpha value is -2.78. The largest absolute Gasteiger partial charge is 0.475 e. The van der Waals surface area contributed by atoms with Gasteiger partial charge >= 0.3 is 7.12 Å². The van der Waals surface area contributed by atoms with E-state index in [0.29, 0.717) is 18.6 Å². The Morgan fingerprint density at radius 3 is 2.46 bits per heavy atom. The number of hydrogen-bond donors (Lipinski definition) is 4. The average molecular weight is 508 g/mol. The van der Waals surface area contributed by atoms with Crippen molar-refractivity contribution in [1.82, 2.24) is 10.6 Å². The zero-order valence-electron chi connectivity index (χ0n) is 22.2. The molecule has 2 atom stereocenters. The average Bonchev–Trinajstić information content (AvgIpc) is 3.10. The van der Waals surface area contributed by atoms with Gasteiger partial charge in [-0.3, -0.25) is 19.6 Å². The van der Waals surface area contributed by atoms with Gasteiger partial charge in [-0.1, -0.05) is 63.8 Å². The van der Waals surface area contributed by atoms with Crippen molar-refractivity contribution >= 4 is 30.9 Å². The molecule has 37 heavy (non-hydrogen) atoms. The van der Waals surface area contributed by atoms with E-state index in [-0.39, 0.29) is 12.3 Å². The minimum Gasteiger partial charge on any atom is -0.426 e. The molecule has 0 fully saturated rings. The molecule has 0 spiro atoms. The number of allylic oxidation sites excluding steroid dienone is 1. The summed E-state index contributed by atoms with van der Waals surface area (Å²) in [5.41, 5.74) is 3.27. The molecule has 9 heteroatoms. The molecule has 200 valence electrons. The summed E-state index contributed by atoms with van der Waals surface area (Å²) in [4.78, 5) is 35.7. The van der Waals surface area contributed by atoms with E-state index in [4.69, 9.17) is 0 Å². The van der Waals surface area contributed by atoms with Crippen LogP contribution in [0.3, 0.4) is 0 Å². The summed E-state index contributed by atoms with van der Waals surface area (Å²) < 4.78 is 0. The highest BCUT2D eigenvalue weighted by Crippen LogP contribution is 2.19. The third kappa shape index (κ3) is 9.56. The van der Waals surface area contributed by atoms with Gasteiger partial charge < -0.3 is 20.7 Å². The van der Waals surface area contributed by atoms with Crippen LogP contribution in [0.25, 0.3) is 0 Å². The van der Waals surface area contributed by atoms with Crippen molar-refractivity contribution in [3.05, 3.63) is 47.3 Å². The number of amides is 2. The summed E-state index contributed by atoms with van der Waals surface area (Å²) in [6.07, 6.45) is 12.7. The molecule has 3 rings (SSSR count). The maximum atomic E-state index is 13.5. The van der Waals surface area contributed by atoms with E-state index in [1.807, 2.05) is 32.0 Å². The van der Waals surface area contributed by atoms with Gasteiger partial charge in [0.25, 0.3) is 5.91 Å². The van der Waals surface area contributed by atoms with Gasteiger partial charge in [0.05, 0.1) is 11.6 Å². The summed E-state index contributed by atoms with van der Waals surface area (Å²) in [7, 11) is -1.69. The number of carbonyl (C=O) groups excluding carboxylic acids is 2. The highest BCUT2D eigenvalue weighted by molar-refractivity contribution is 6.44. The van der Waals surface area contributed by atoms with Crippen LogP contribution in [0, 0.1) is 5.92 Å². The molecular weight excluding hydrogens is 467 g/mol. The molecule has 8 nitrogen and oxygen atoms in total. The smallest absolute Gasteiger partial charge is 0.426 e. The quantitative estimate of drug-likeness (QED) is 0.456. The second-order valence-corrected chi connectivity index (χ2v) is 10.5. The lowest BCUT2D eigenvalue weighted by Crippen LogP contribution is -2.55.